The lowest BCUT2D eigenvalue weighted by molar-refractivity contribution is -0.127. The van der Waals surface area contributed by atoms with Gasteiger partial charge in [-0.2, -0.15) is 0 Å². The molecular formula is C20H27BrN2O. The fourth-order valence-corrected chi connectivity index (χ4v) is 6.07. The van der Waals surface area contributed by atoms with Crippen LogP contribution in [0.15, 0.2) is 28.7 Å². The molecule has 24 heavy (non-hydrogen) atoms. The van der Waals surface area contributed by atoms with E-state index in [1.807, 2.05) is 7.05 Å². The lowest BCUT2D eigenvalue weighted by Gasteiger charge is -2.57. The molecular weight excluding hydrogens is 364 g/mol. The number of likely N-dealkylation sites (N-methyl/N-ethyl adjacent to an activating group) is 1. The molecule has 4 aliphatic rings. The Morgan fingerprint density at radius 3 is 2.21 bits per heavy atom. The quantitative estimate of drug-likeness (QED) is 0.824. The van der Waals surface area contributed by atoms with E-state index in [1.54, 1.807) is 0 Å². The predicted molar refractivity (Wildman–Crippen MR) is 99.5 cm³/mol. The molecule has 4 fully saturated rings. The van der Waals surface area contributed by atoms with Crippen LogP contribution in [0.4, 0.5) is 0 Å². The Kier molecular flexibility index (Phi) is 4.46. The molecule has 1 N–H and O–H groups in total. The molecule has 0 aliphatic heterocycles. The summed E-state index contributed by atoms with van der Waals surface area (Å²) >= 11 is 3.46. The molecule has 4 heteroatoms. The summed E-state index contributed by atoms with van der Waals surface area (Å²) in [4.78, 5) is 14.7. The Labute approximate surface area is 153 Å². The minimum atomic E-state index is 0.129. The number of nitrogens with zero attached hydrogens (tertiary/aromatic N) is 1. The molecule has 0 spiro atoms. The summed E-state index contributed by atoms with van der Waals surface area (Å²) in [6.45, 7) is 1.29. The highest BCUT2D eigenvalue weighted by Crippen LogP contribution is 2.55. The number of hydrogen-bond acceptors (Lipinski definition) is 2. The van der Waals surface area contributed by atoms with Gasteiger partial charge in [0.15, 0.2) is 0 Å². The second kappa shape index (κ2) is 6.45. The van der Waals surface area contributed by atoms with Crippen molar-refractivity contribution in [2.75, 3.05) is 13.6 Å². The van der Waals surface area contributed by atoms with Gasteiger partial charge in [-0.15, -0.1) is 0 Å². The van der Waals surface area contributed by atoms with Crippen molar-refractivity contribution < 1.29 is 4.79 Å². The molecule has 5 rings (SSSR count). The van der Waals surface area contributed by atoms with E-state index in [4.69, 9.17) is 0 Å². The molecule has 0 radical (unpaired) electrons. The summed E-state index contributed by atoms with van der Waals surface area (Å²) in [6, 6.07) is 8.33. The summed E-state index contributed by atoms with van der Waals surface area (Å²) in [5.74, 6) is 2.82. The van der Waals surface area contributed by atoms with Gasteiger partial charge in [0.05, 0.1) is 6.54 Å². The molecule has 4 saturated carbocycles. The van der Waals surface area contributed by atoms with Crippen LogP contribution in [-0.4, -0.2) is 29.9 Å². The van der Waals surface area contributed by atoms with Crippen molar-refractivity contribution >= 4 is 21.8 Å². The summed E-state index contributed by atoms with van der Waals surface area (Å²) in [7, 11) is 2.03. The molecule has 0 heterocycles. The van der Waals surface area contributed by atoms with Crippen LogP contribution in [0.25, 0.3) is 0 Å². The van der Waals surface area contributed by atoms with Crippen molar-refractivity contribution in [2.24, 2.45) is 17.8 Å². The van der Waals surface area contributed by atoms with Gasteiger partial charge in [-0.1, -0.05) is 28.1 Å². The molecule has 0 aromatic heterocycles. The lowest BCUT2D eigenvalue weighted by atomic mass is 9.53. The monoisotopic (exact) mass is 390 g/mol. The molecule has 3 nitrogen and oxygen atoms in total. The number of hydrogen-bond donors (Lipinski definition) is 1. The topological polar surface area (TPSA) is 32.3 Å². The van der Waals surface area contributed by atoms with Gasteiger partial charge in [-0.25, -0.2) is 0 Å². The lowest BCUT2D eigenvalue weighted by Crippen LogP contribution is -2.60. The summed E-state index contributed by atoms with van der Waals surface area (Å²) in [6.07, 6.45) is 7.92. The van der Waals surface area contributed by atoms with E-state index in [1.165, 1.54) is 44.1 Å². The zero-order valence-electron chi connectivity index (χ0n) is 14.4. The number of benzene rings is 1. The number of rotatable bonds is 5. The molecule has 4 aliphatic carbocycles. The zero-order valence-corrected chi connectivity index (χ0v) is 16.0. The number of nitrogens with one attached hydrogen (secondary N) is 1. The molecule has 0 saturated heterocycles. The van der Waals surface area contributed by atoms with Crippen molar-refractivity contribution in [3.63, 3.8) is 0 Å². The fraction of sp³-hybridized carbons (Fsp3) is 0.650. The van der Waals surface area contributed by atoms with Crippen molar-refractivity contribution in [1.29, 1.82) is 0 Å². The minimum absolute atomic E-state index is 0.129. The van der Waals surface area contributed by atoms with Crippen molar-refractivity contribution in [2.45, 2.75) is 50.6 Å². The Balaban J connectivity index is 1.32. The zero-order chi connectivity index (χ0) is 16.7. The third-order valence-corrected chi connectivity index (χ3v) is 6.75. The minimum Gasteiger partial charge on any atom is -0.350 e. The van der Waals surface area contributed by atoms with Gasteiger partial charge >= 0.3 is 0 Å². The Morgan fingerprint density at radius 2 is 1.67 bits per heavy atom. The number of carbonyl (C=O) groups excluding carboxylic acids is 1. The SMILES string of the molecule is CN(CC(=O)NC12CC3CC(CC(C3)C1)C2)Cc1ccc(Br)cc1. The van der Waals surface area contributed by atoms with Gasteiger partial charge in [-0.3, -0.25) is 9.69 Å². The largest absolute Gasteiger partial charge is 0.350 e. The summed E-state index contributed by atoms with van der Waals surface area (Å²) < 4.78 is 1.09. The van der Waals surface area contributed by atoms with Crippen LogP contribution in [0.1, 0.15) is 44.1 Å². The summed E-state index contributed by atoms with van der Waals surface area (Å²) in [5, 5.41) is 3.46. The Bertz CT molecular complexity index is 577. The molecule has 0 atom stereocenters. The van der Waals surface area contributed by atoms with Gasteiger partial charge in [-0.05, 0) is 81.0 Å². The predicted octanol–water partition coefficient (Wildman–Crippen LogP) is 3.97. The van der Waals surface area contributed by atoms with Crippen LogP contribution in [0, 0.1) is 17.8 Å². The van der Waals surface area contributed by atoms with Crippen molar-refractivity contribution in [3.05, 3.63) is 34.3 Å². The first-order valence-corrected chi connectivity index (χ1v) is 10.0. The molecule has 1 aromatic carbocycles. The highest BCUT2D eigenvalue weighted by atomic mass is 79.9. The maximum Gasteiger partial charge on any atom is 0.234 e. The molecule has 0 unspecified atom stereocenters. The van der Waals surface area contributed by atoms with E-state index in [-0.39, 0.29) is 11.4 Å². The maximum absolute atomic E-state index is 12.6. The normalized spacial score (nSPS) is 33.9. The highest BCUT2D eigenvalue weighted by molar-refractivity contribution is 9.10. The van der Waals surface area contributed by atoms with Gasteiger partial charge in [0.2, 0.25) is 5.91 Å². The average molecular weight is 391 g/mol. The molecule has 130 valence electrons. The van der Waals surface area contributed by atoms with Crippen LogP contribution in [-0.2, 0) is 11.3 Å². The van der Waals surface area contributed by atoms with Gasteiger partial charge in [0.1, 0.15) is 0 Å². The van der Waals surface area contributed by atoms with E-state index in [9.17, 15) is 4.79 Å². The second-order valence-corrected chi connectivity index (χ2v) is 9.46. The molecule has 1 amide bonds. The maximum atomic E-state index is 12.6. The summed E-state index contributed by atoms with van der Waals surface area (Å²) in [5.41, 5.74) is 1.37. The Hall–Kier alpha value is -0.870. The van der Waals surface area contributed by atoms with E-state index in [2.05, 4.69) is 50.4 Å². The highest BCUT2D eigenvalue weighted by Gasteiger charge is 2.51. The van der Waals surface area contributed by atoms with Crippen LogP contribution in [0.3, 0.4) is 0 Å². The second-order valence-electron chi connectivity index (χ2n) is 8.54. The van der Waals surface area contributed by atoms with Crippen LogP contribution in [0.5, 0.6) is 0 Å². The van der Waals surface area contributed by atoms with Crippen molar-refractivity contribution in [1.82, 2.24) is 10.2 Å². The smallest absolute Gasteiger partial charge is 0.234 e. The van der Waals surface area contributed by atoms with Crippen LogP contribution in [0.2, 0.25) is 0 Å². The Morgan fingerprint density at radius 1 is 1.12 bits per heavy atom. The molecule has 4 bridgehead atoms. The first-order valence-electron chi connectivity index (χ1n) is 9.24. The first kappa shape index (κ1) is 16.6. The third-order valence-electron chi connectivity index (χ3n) is 6.22. The third kappa shape index (κ3) is 3.55. The van der Waals surface area contributed by atoms with E-state index < -0.39 is 0 Å². The van der Waals surface area contributed by atoms with E-state index in [0.717, 1.165) is 28.8 Å². The van der Waals surface area contributed by atoms with E-state index in [0.29, 0.717) is 6.54 Å². The van der Waals surface area contributed by atoms with Crippen LogP contribution < -0.4 is 5.32 Å². The van der Waals surface area contributed by atoms with Crippen molar-refractivity contribution in [3.8, 4) is 0 Å². The van der Waals surface area contributed by atoms with Crippen LogP contribution >= 0.6 is 15.9 Å². The number of halogens is 1. The standard InChI is InChI=1S/C20H27BrN2O/c1-23(12-14-2-4-18(21)5-3-14)13-19(24)22-20-9-15-6-16(10-20)8-17(7-15)11-20/h2-5,15-17H,6-13H2,1H3,(H,22,24). The fourth-order valence-electron chi connectivity index (χ4n) is 5.80. The first-order chi connectivity index (χ1) is 11.5. The average Bonchev–Trinajstić information content (AvgIpc) is 2.47. The van der Waals surface area contributed by atoms with Gasteiger partial charge in [0, 0.05) is 16.6 Å². The van der Waals surface area contributed by atoms with Gasteiger partial charge < -0.3 is 5.32 Å². The van der Waals surface area contributed by atoms with E-state index >= 15 is 0 Å². The number of carbonyl (C=O) groups is 1. The molecule has 1 aromatic rings. The van der Waals surface area contributed by atoms with Gasteiger partial charge in [0.25, 0.3) is 0 Å². The number of amides is 1.